The van der Waals surface area contributed by atoms with E-state index in [-0.39, 0.29) is 0 Å². The number of benzene rings is 2. The number of hydrogen-bond donors (Lipinski definition) is 0. The van der Waals surface area contributed by atoms with E-state index < -0.39 is 23.4 Å². The van der Waals surface area contributed by atoms with Crippen LogP contribution in [-0.2, 0) is 16.0 Å². The van der Waals surface area contributed by atoms with Gasteiger partial charge in [-0.05, 0) is 51.2 Å². The predicted molar refractivity (Wildman–Crippen MR) is 133 cm³/mol. The van der Waals surface area contributed by atoms with Crippen molar-refractivity contribution < 1.29 is 9.53 Å². The van der Waals surface area contributed by atoms with Gasteiger partial charge in [0, 0.05) is 18.1 Å². The molecule has 2 unspecified atom stereocenters. The first kappa shape index (κ1) is 24.5. The fraction of sp³-hybridized carbons (Fsp3) is 0.414. The Bertz CT molecular complexity index is 1080. The van der Waals surface area contributed by atoms with Gasteiger partial charge in [0.05, 0.1) is 23.3 Å². The summed E-state index contributed by atoms with van der Waals surface area (Å²) in [4.78, 5) is 18.6. The van der Waals surface area contributed by atoms with Gasteiger partial charge in [0.15, 0.2) is 0 Å². The Kier molecular flexibility index (Phi) is 7.53. The molecule has 0 radical (unpaired) electrons. The molecule has 0 saturated heterocycles. The first-order valence-electron chi connectivity index (χ1n) is 11.6. The molecule has 0 spiro atoms. The van der Waals surface area contributed by atoms with Gasteiger partial charge in [-0.2, -0.15) is 5.26 Å². The molecule has 4 nitrogen and oxygen atoms in total. The molecule has 4 heteroatoms. The number of esters is 1. The van der Waals surface area contributed by atoms with Crippen molar-refractivity contribution in [1.82, 2.24) is 0 Å². The van der Waals surface area contributed by atoms with Crippen molar-refractivity contribution in [2.45, 2.75) is 65.9 Å². The zero-order valence-corrected chi connectivity index (χ0v) is 20.6. The van der Waals surface area contributed by atoms with E-state index in [9.17, 15) is 10.1 Å². The Morgan fingerprint density at radius 2 is 1.73 bits per heavy atom. The van der Waals surface area contributed by atoms with Crippen molar-refractivity contribution in [3.05, 3.63) is 82.6 Å². The summed E-state index contributed by atoms with van der Waals surface area (Å²) >= 11 is 0. The molecule has 0 fully saturated rings. The molecule has 1 heterocycles. The van der Waals surface area contributed by atoms with E-state index in [1.165, 1.54) is 0 Å². The van der Waals surface area contributed by atoms with Crippen LogP contribution in [0.5, 0.6) is 0 Å². The maximum absolute atomic E-state index is 13.6. The van der Waals surface area contributed by atoms with Gasteiger partial charge in [-0.3, -0.25) is 4.99 Å². The van der Waals surface area contributed by atoms with E-state index in [1.54, 1.807) is 0 Å². The molecule has 0 bridgehead atoms. The summed E-state index contributed by atoms with van der Waals surface area (Å²) in [6, 6.07) is 20.6. The lowest BCUT2D eigenvalue weighted by molar-refractivity contribution is -0.150. The molecule has 0 N–H and O–H groups in total. The standard InChI is InChI=1S/C29H34N2O2/c1-19(2)16-24-23(18-30)26(22-14-12-20(3)13-15-22)27(28(32)33-29(4,5)6)25(31-24)17-21-10-8-7-9-11-21/h7-15,19,23,26H,16-17H2,1-6H3. The fourth-order valence-electron chi connectivity index (χ4n) is 4.22. The largest absolute Gasteiger partial charge is 0.457 e. The van der Waals surface area contributed by atoms with E-state index in [2.05, 4.69) is 19.9 Å². The first-order chi connectivity index (χ1) is 15.6. The lowest BCUT2D eigenvalue weighted by atomic mass is 9.73. The molecule has 1 aliphatic rings. The zero-order valence-electron chi connectivity index (χ0n) is 20.6. The maximum atomic E-state index is 13.6. The third kappa shape index (κ3) is 6.20. The van der Waals surface area contributed by atoms with Crippen molar-refractivity contribution in [2.24, 2.45) is 16.8 Å². The second-order valence-electron chi connectivity index (χ2n) is 10.2. The van der Waals surface area contributed by atoms with Crippen molar-refractivity contribution in [3.63, 3.8) is 0 Å². The SMILES string of the molecule is Cc1ccc(C2C(C(=O)OC(C)(C)C)=C(Cc3ccccc3)N=C(CC(C)C)C2C#N)cc1. The fourth-order valence-corrected chi connectivity index (χ4v) is 4.22. The van der Waals surface area contributed by atoms with Crippen LogP contribution < -0.4 is 0 Å². The summed E-state index contributed by atoms with van der Waals surface area (Å²) in [5.41, 5.74) is 4.53. The molecule has 1 aliphatic heterocycles. The molecule has 33 heavy (non-hydrogen) atoms. The zero-order chi connectivity index (χ0) is 24.2. The molecule has 0 amide bonds. The highest BCUT2D eigenvalue weighted by molar-refractivity contribution is 5.99. The van der Waals surface area contributed by atoms with Crippen molar-refractivity contribution >= 4 is 11.7 Å². The number of aliphatic imine (C=N–C) groups is 1. The van der Waals surface area contributed by atoms with Crippen LogP contribution in [0.1, 0.15) is 63.6 Å². The van der Waals surface area contributed by atoms with Gasteiger partial charge in [-0.15, -0.1) is 0 Å². The summed E-state index contributed by atoms with van der Waals surface area (Å²) in [5.74, 6) is -0.988. The van der Waals surface area contributed by atoms with Crippen LogP contribution in [-0.4, -0.2) is 17.3 Å². The molecular weight excluding hydrogens is 408 g/mol. The van der Waals surface area contributed by atoms with Crippen molar-refractivity contribution in [2.75, 3.05) is 0 Å². The van der Waals surface area contributed by atoms with Gasteiger partial charge < -0.3 is 4.74 Å². The third-order valence-electron chi connectivity index (χ3n) is 5.62. The summed E-state index contributed by atoms with van der Waals surface area (Å²) in [6.45, 7) is 11.9. The normalized spacial score (nSPS) is 18.7. The molecule has 0 saturated carbocycles. The Balaban J connectivity index is 2.24. The average Bonchev–Trinajstić information content (AvgIpc) is 2.73. The number of hydrogen-bond acceptors (Lipinski definition) is 4. The monoisotopic (exact) mass is 442 g/mol. The van der Waals surface area contributed by atoms with Gasteiger partial charge in [-0.25, -0.2) is 4.79 Å². The molecule has 172 valence electrons. The minimum absolute atomic E-state index is 0.347. The van der Waals surface area contributed by atoms with Crippen LogP contribution in [0.4, 0.5) is 0 Å². The predicted octanol–water partition coefficient (Wildman–Crippen LogP) is 6.56. The first-order valence-corrected chi connectivity index (χ1v) is 11.6. The number of rotatable bonds is 6. The number of allylic oxidation sites excluding steroid dienone is 1. The molecule has 2 aromatic carbocycles. The molecule has 2 aromatic rings. The van der Waals surface area contributed by atoms with E-state index >= 15 is 0 Å². The molecule has 3 rings (SSSR count). The highest BCUT2D eigenvalue weighted by Crippen LogP contribution is 2.42. The number of nitriles is 1. The third-order valence-corrected chi connectivity index (χ3v) is 5.62. The highest BCUT2D eigenvalue weighted by Gasteiger charge is 2.41. The van der Waals surface area contributed by atoms with Crippen molar-refractivity contribution in [1.29, 1.82) is 5.26 Å². The molecular formula is C29H34N2O2. The number of carbonyl (C=O) groups is 1. The van der Waals surface area contributed by atoms with Crippen molar-refractivity contribution in [3.8, 4) is 6.07 Å². The average molecular weight is 443 g/mol. The topological polar surface area (TPSA) is 62.4 Å². The minimum atomic E-state index is -0.649. The van der Waals surface area contributed by atoms with E-state index in [0.29, 0.717) is 30.0 Å². The summed E-state index contributed by atoms with van der Waals surface area (Å²) in [6.07, 6.45) is 1.22. The Hall–Kier alpha value is -3.19. The lowest BCUT2D eigenvalue weighted by Crippen LogP contribution is -2.34. The maximum Gasteiger partial charge on any atom is 0.337 e. The number of ether oxygens (including phenoxy) is 1. The minimum Gasteiger partial charge on any atom is -0.457 e. The smallest absolute Gasteiger partial charge is 0.337 e. The van der Waals surface area contributed by atoms with Crippen LogP contribution in [0.25, 0.3) is 0 Å². The van der Waals surface area contributed by atoms with Crippen LogP contribution in [0.15, 0.2) is 70.9 Å². The summed E-state index contributed by atoms with van der Waals surface area (Å²) in [5, 5.41) is 10.3. The quantitative estimate of drug-likeness (QED) is 0.476. The number of carbonyl (C=O) groups excluding carboxylic acids is 1. The highest BCUT2D eigenvalue weighted by atomic mass is 16.6. The number of nitrogens with zero attached hydrogens (tertiary/aromatic N) is 2. The summed E-state index contributed by atoms with van der Waals surface area (Å²) < 4.78 is 5.85. The Morgan fingerprint density at radius 3 is 2.27 bits per heavy atom. The van der Waals surface area contributed by atoms with Crippen LogP contribution in [0.3, 0.4) is 0 Å². The van der Waals surface area contributed by atoms with Gasteiger partial charge in [-0.1, -0.05) is 74.0 Å². The Morgan fingerprint density at radius 1 is 1.09 bits per heavy atom. The molecule has 0 aromatic heterocycles. The number of aryl methyl sites for hydroxylation is 1. The van der Waals surface area contributed by atoms with E-state index in [0.717, 1.165) is 22.4 Å². The van der Waals surface area contributed by atoms with E-state index in [1.807, 2.05) is 82.3 Å². The van der Waals surface area contributed by atoms with Gasteiger partial charge in [0.25, 0.3) is 0 Å². The van der Waals surface area contributed by atoms with Gasteiger partial charge in [0.1, 0.15) is 5.60 Å². The summed E-state index contributed by atoms with van der Waals surface area (Å²) in [7, 11) is 0. The van der Waals surface area contributed by atoms with Gasteiger partial charge >= 0.3 is 5.97 Å². The lowest BCUT2D eigenvalue weighted by Gasteiger charge is -2.33. The van der Waals surface area contributed by atoms with Gasteiger partial charge in [0.2, 0.25) is 0 Å². The van der Waals surface area contributed by atoms with E-state index in [4.69, 9.17) is 9.73 Å². The second-order valence-corrected chi connectivity index (χ2v) is 10.2. The molecule has 0 aliphatic carbocycles. The second kappa shape index (κ2) is 10.2. The molecule has 2 atom stereocenters. The Labute approximate surface area is 198 Å². The van der Waals surface area contributed by atoms with Crippen LogP contribution in [0.2, 0.25) is 0 Å². The van der Waals surface area contributed by atoms with Crippen LogP contribution >= 0.6 is 0 Å². The van der Waals surface area contributed by atoms with Crippen LogP contribution in [0, 0.1) is 30.1 Å².